The van der Waals surface area contributed by atoms with Crippen molar-refractivity contribution in [1.82, 2.24) is 5.32 Å². The summed E-state index contributed by atoms with van der Waals surface area (Å²) < 4.78 is 5.27. The van der Waals surface area contributed by atoms with E-state index in [-0.39, 0.29) is 24.5 Å². The lowest BCUT2D eigenvalue weighted by Crippen LogP contribution is -2.45. The van der Waals surface area contributed by atoms with Gasteiger partial charge in [0.15, 0.2) is 6.61 Å². The number of para-hydroxylation sites is 1. The molecular weight excluding hydrogens is 392 g/mol. The van der Waals surface area contributed by atoms with Gasteiger partial charge in [-0.2, -0.15) is 0 Å². The Morgan fingerprint density at radius 3 is 2.42 bits per heavy atom. The smallest absolute Gasteiger partial charge is 0.328 e. The Morgan fingerprint density at radius 1 is 1.03 bits per heavy atom. The van der Waals surface area contributed by atoms with Crippen LogP contribution < -0.4 is 10.2 Å². The van der Waals surface area contributed by atoms with E-state index in [1.165, 1.54) is 6.42 Å². The third-order valence-electron chi connectivity index (χ3n) is 5.56. The molecule has 1 aliphatic carbocycles. The van der Waals surface area contributed by atoms with Crippen molar-refractivity contribution < 1.29 is 19.1 Å². The molecule has 0 unspecified atom stereocenters. The first kappa shape index (κ1) is 22.5. The number of hydrogen-bond acceptors (Lipinski definition) is 4. The van der Waals surface area contributed by atoms with Crippen LogP contribution in [-0.4, -0.2) is 36.5 Å². The average Bonchev–Trinajstić information content (AvgIpc) is 2.79. The minimum Gasteiger partial charge on any atom is -0.454 e. The molecule has 2 aromatic rings. The van der Waals surface area contributed by atoms with Crippen molar-refractivity contribution in [3.05, 3.63) is 65.7 Å². The first-order valence-electron chi connectivity index (χ1n) is 10.9. The van der Waals surface area contributed by atoms with Crippen LogP contribution in [0.5, 0.6) is 0 Å². The highest BCUT2D eigenvalue weighted by Gasteiger charge is 2.28. The summed E-state index contributed by atoms with van der Waals surface area (Å²) in [5, 5.41) is 2.63. The Morgan fingerprint density at radius 2 is 1.74 bits per heavy atom. The first-order valence-corrected chi connectivity index (χ1v) is 10.9. The van der Waals surface area contributed by atoms with E-state index >= 15 is 0 Å². The van der Waals surface area contributed by atoms with Gasteiger partial charge in [0.25, 0.3) is 11.8 Å². The number of nitrogens with one attached hydrogen (secondary N) is 1. The number of ether oxygens (including phenoxy) is 1. The molecule has 3 rings (SSSR count). The lowest BCUT2D eigenvalue weighted by Gasteiger charge is -2.34. The van der Waals surface area contributed by atoms with Gasteiger partial charge in [-0.3, -0.25) is 9.59 Å². The summed E-state index contributed by atoms with van der Waals surface area (Å²) in [6, 6.07) is 15.9. The molecule has 6 heteroatoms. The predicted molar refractivity (Wildman–Crippen MR) is 120 cm³/mol. The van der Waals surface area contributed by atoms with Crippen LogP contribution in [0.1, 0.15) is 54.9 Å². The van der Waals surface area contributed by atoms with Crippen LogP contribution in [0.25, 0.3) is 0 Å². The molecule has 0 saturated heterocycles. The lowest BCUT2D eigenvalue weighted by atomic mass is 9.93. The van der Waals surface area contributed by atoms with E-state index in [1.54, 1.807) is 30.0 Å². The third-order valence-corrected chi connectivity index (χ3v) is 5.56. The normalized spacial score (nSPS) is 15.0. The molecule has 2 aromatic carbocycles. The molecule has 1 N–H and O–H groups in total. The summed E-state index contributed by atoms with van der Waals surface area (Å²) in [5.74, 6) is -1.23. The second-order valence-electron chi connectivity index (χ2n) is 8.06. The predicted octanol–water partition coefficient (Wildman–Crippen LogP) is 4.02. The van der Waals surface area contributed by atoms with Crippen molar-refractivity contribution in [1.29, 1.82) is 0 Å². The number of aryl methyl sites for hydroxylation is 1. The van der Waals surface area contributed by atoms with Crippen LogP contribution in [0, 0.1) is 6.92 Å². The molecule has 0 spiro atoms. The average molecular weight is 423 g/mol. The highest BCUT2D eigenvalue weighted by atomic mass is 16.5. The van der Waals surface area contributed by atoms with Gasteiger partial charge in [0.1, 0.15) is 6.04 Å². The molecule has 6 nitrogen and oxygen atoms in total. The molecule has 1 atom stereocenters. The zero-order chi connectivity index (χ0) is 22.2. The second-order valence-corrected chi connectivity index (χ2v) is 8.06. The Hall–Kier alpha value is -3.15. The fraction of sp³-hybridized carbons (Fsp3) is 0.400. The number of carbonyl (C=O) groups excluding carboxylic acids is 3. The van der Waals surface area contributed by atoms with Gasteiger partial charge in [0.05, 0.1) is 0 Å². The van der Waals surface area contributed by atoms with Crippen molar-refractivity contribution in [3.8, 4) is 0 Å². The van der Waals surface area contributed by atoms with E-state index in [0.717, 1.165) is 36.9 Å². The Kier molecular flexibility index (Phi) is 7.82. The van der Waals surface area contributed by atoms with E-state index in [2.05, 4.69) is 5.32 Å². The largest absolute Gasteiger partial charge is 0.454 e. The number of hydrogen-bond donors (Lipinski definition) is 1. The molecule has 0 aromatic heterocycles. The summed E-state index contributed by atoms with van der Waals surface area (Å²) in [6.07, 6.45) is 5.24. The molecule has 164 valence electrons. The minimum absolute atomic E-state index is 0.112. The van der Waals surface area contributed by atoms with E-state index in [0.29, 0.717) is 5.56 Å². The third kappa shape index (κ3) is 6.17. The van der Waals surface area contributed by atoms with Gasteiger partial charge in [-0.15, -0.1) is 0 Å². The van der Waals surface area contributed by atoms with Crippen LogP contribution in [0.2, 0.25) is 0 Å². The monoisotopic (exact) mass is 422 g/mol. The maximum atomic E-state index is 13.0. The molecule has 1 fully saturated rings. The highest BCUT2D eigenvalue weighted by molar-refractivity contribution is 5.98. The molecule has 0 aliphatic heterocycles. The van der Waals surface area contributed by atoms with Crippen LogP contribution in [0.3, 0.4) is 0 Å². The van der Waals surface area contributed by atoms with Crippen LogP contribution >= 0.6 is 0 Å². The van der Waals surface area contributed by atoms with Gasteiger partial charge < -0.3 is 15.0 Å². The summed E-state index contributed by atoms with van der Waals surface area (Å²) in [7, 11) is 0. The fourth-order valence-electron chi connectivity index (χ4n) is 3.94. The zero-order valence-corrected chi connectivity index (χ0v) is 18.2. The fourth-order valence-corrected chi connectivity index (χ4v) is 3.94. The molecule has 1 saturated carbocycles. The molecule has 0 bridgehead atoms. The van der Waals surface area contributed by atoms with Gasteiger partial charge in [-0.1, -0.05) is 55.2 Å². The van der Waals surface area contributed by atoms with Crippen molar-refractivity contribution in [2.24, 2.45) is 0 Å². The highest BCUT2D eigenvalue weighted by Crippen LogP contribution is 2.27. The molecule has 1 aliphatic rings. The van der Waals surface area contributed by atoms with Gasteiger partial charge >= 0.3 is 5.97 Å². The van der Waals surface area contributed by atoms with Crippen molar-refractivity contribution in [2.45, 2.75) is 58.0 Å². The summed E-state index contributed by atoms with van der Waals surface area (Å²) >= 11 is 0. The zero-order valence-electron chi connectivity index (χ0n) is 18.2. The number of esters is 1. The topological polar surface area (TPSA) is 75.7 Å². The van der Waals surface area contributed by atoms with E-state index in [9.17, 15) is 14.4 Å². The second kappa shape index (κ2) is 10.8. The van der Waals surface area contributed by atoms with E-state index in [1.807, 2.05) is 43.3 Å². The summed E-state index contributed by atoms with van der Waals surface area (Å²) in [5.41, 5.74) is 2.25. The number of rotatable bonds is 7. The molecule has 31 heavy (non-hydrogen) atoms. The Labute approximate surface area is 183 Å². The van der Waals surface area contributed by atoms with Gasteiger partial charge in [0.2, 0.25) is 0 Å². The number of anilines is 1. The van der Waals surface area contributed by atoms with Gasteiger partial charge in [0, 0.05) is 17.3 Å². The van der Waals surface area contributed by atoms with E-state index < -0.39 is 12.0 Å². The Bertz CT molecular complexity index is 907. The molecular formula is C25H30N2O4. The van der Waals surface area contributed by atoms with Crippen LogP contribution in [0.4, 0.5) is 5.69 Å². The van der Waals surface area contributed by atoms with Gasteiger partial charge in [-0.25, -0.2) is 4.79 Å². The van der Waals surface area contributed by atoms with Gasteiger partial charge in [-0.05, 0) is 51.0 Å². The number of amides is 2. The Balaban J connectivity index is 1.59. The van der Waals surface area contributed by atoms with Crippen molar-refractivity contribution >= 4 is 23.5 Å². The quantitative estimate of drug-likeness (QED) is 0.684. The maximum absolute atomic E-state index is 13.0. The van der Waals surface area contributed by atoms with E-state index in [4.69, 9.17) is 4.74 Å². The molecule has 0 radical (unpaired) electrons. The summed E-state index contributed by atoms with van der Waals surface area (Å²) in [4.78, 5) is 39.5. The molecule has 2 amide bonds. The maximum Gasteiger partial charge on any atom is 0.328 e. The van der Waals surface area contributed by atoms with Crippen molar-refractivity contribution in [2.75, 3.05) is 11.5 Å². The number of benzene rings is 2. The number of nitrogens with zero attached hydrogens (tertiary/aromatic N) is 1. The first-order chi connectivity index (χ1) is 15.0. The standard InChI is InChI=1S/C25H30N2O4/c1-18-10-9-11-20(16-18)24(29)26-19(2)25(30)31-17-23(28)27(21-12-5-3-6-13-21)22-14-7-4-8-15-22/h3,5-6,9-13,16,19,22H,4,7-8,14-15,17H2,1-2H3,(H,26,29)/t19-/m0/s1. The SMILES string of the molecule is Cc1cccc(C(=O)N[C@@H](C)C(=O)OCC(=O)N(c2ccccc2)C2CCCCC2)c1. The molecule has 0 heterocycles. The minimum atomic E-state index is -0.860. The van der Waals surface area contributed by atoms with Crippen LogP contribution in [0.15, 0.2) is 54.6 Å². The summed E-state index contributed by atoms with van der Waals surface area (Å²) in [6.45, 7) is 3.09. The lowest BCUT2D eigenvalue weighted by molar-refractivity contribution is -0.149. The van der Waals surface area contributed by atoms with Crippen molar-refractivity contribution in [3.63, 3.8) is 0 Å². The van der Waals surface area contributed by atoms with Crippen LogP contribution in [-0.2, 0) is 14.3 Å². The number of carbonyl (C=O) groups is 3.